The van der Waals surface area contributed by atoms with E-state index < -0.39 is 23.7 Å². The van der Waals surface area contributed by atoms with Crippen LogP contribution in [-0.4, -0.2) is 135 Å². The maximum atomic E-state index is 12.2. The normalized spacial score (nSPS) is 15.5. The second-order valence-corrected chi connectivity index (χ2v) is 30.2. The Labute approximate surface area is 649 Å². The minimum Gasteiger partial charge on any atom is -0.444 e. The Bertz CT molecular complexity index is 4520. The summed E-state index contributed by atoms with van der Waals surface area (Å²) in [5.74, 6) is 7.27. The van der Waals surface area contributed by atoms with Crippen molar-refractivity contribution in [3.05, 3.63) is 151 Å². The number of halogens is 4. The quantitative estimate of drug-likeness (QED) is 0.0182. The maximum absolute atomic E-state index is 12.2. The van der Waals surface area contributed by atoms with Crippen molar-refractivity contribution in [1.29, 1.82) is 5.53 Å². The molecule has 7 N–H and O–H groups in total. The molecule has 9 heterocycles. The first-order valence-electron chi connectivity index (χ1n) is 33.3. The lowest BCUT2D eigenvalue weighted by atomic mass is 9.90. The molecular formula is C67H88BrF3N30O5S3. The van der Waals surface area contributed by atoms with Crippen LogP contribution in [0.4, 0.5) is 40.6 Å². The van der Waals surface area contributed by atoms with Crippen molar-refractivity contribution in [2.75, 3.05) is 54.0 Å². The largest absolute Gasteiger partial charge is 0.446 e. The fraction of sp³-hybridized carbons (Fsp3) is 0.418. The van der Waals surface area contributed by atoms with Crippen molar-refractivity contribution < 1.29 is 37.0 Å². The van der Waals surface area contributed by atoms with Gasteiger partial charge in [0.1, 0.15) is 11.2 Å². The van der Waals surface area contributed by atoms with E-state index >= 15 is 0 Å². The molecule has 3 aliphatic heterocycles. The third kappa shape index (κ3) is 29.5. The topological polar surface area (TPSA) is 431 Å². The third-order valence-corrected chi connectivity index (χ3v) is 18.4. The van der Waals surface area contributed by atoms with Crippen LogP contribution < -0.4 is 36.9 Å². The van der Waals surface area contributed by atoms with Gasteiger partial charge in [-0.25, -0.2) is 39.5 Å². The zero-order valence-electron chi connectivity index (χ0n) is 60.6. The Morgan fingerprint density at radius 1 is 0.541 bits per heavy atom. The third-order valence-electron chi connectivity index (χ3n) is 15.5. The highest BCUT2D eigenvalue weighted by Crippen LogP contribution is 2.36. The molecule has 109 heavy (non-hydrogen) atoms. The van der Waals surface area contributed by atoms with E-state index in [0.717, 1.165) is 137 Å². The number of nitrogens with zero attached hydrogens (tertiary/aromatic N) is 25. The first-order chi connectivity index (χ1) is 51.4. The van der Waals surface area contributed by atoms with Gasteiger partial charge in [-0.05, 0) is 216 Å². The number of carbonyl (C=O) groups excluding carboxylic acids is 3. The highest BCUT2D eigenvalue weighted by atomic mass is 79.9. The molecule has 9 aromatic rings. The van der Waals surface area contributed by atoms with Gasteiger partial charge in [0.05, 0.1) is 14.3 Å². The molecule has 0 saturated carbocycles. The number of aromatic nitrogens is 9. The summed E-state index contributed by atoms with van der Waals surface area (Å²) in [6, 6.07) is 30.4. The van der Waals surface area contributed by atoms with Crippen molar-refractivity contribution in [1.82, 2.24) is 53.7 Å². The minimum atomic E-state index is -4.64. The van der Waals surface area contributed by atoms with E-state index in [1.165, 1.54) is 4.90 Å². The van der Waals surface area contributed by atoms with Gasteiger partial charge < -0.3 is 46.4 Å². The number of nitrogens with one attached hydrogen (secondary N) is 3. The van der Waals surface area contributed by atoms with Crippen molar-refractivity contribution >= 4 is 105 Å². The zero-order chi connectivity index (χ0) is 78.4. The van der Waals surface area contributed by atoms with Gasteiger partial charge in [-0.3, -0.25) is 18.0 Å². The molecule has 0 aliphatic carbocycles. The predicted octanol–water partition coefficient (Wildman–Crippen LogP) is 16.8. The first-order valence-corrected chi connectivity index (χ1v) is 36.1. The lowest BCUT2D eigenvalue weighted by Crippen LogP contribution is -2.54. The molecule has 582 valence electrons. The summed E-state index contributed by atoms with van der Waals surface area (Å²) in [5, 5.41) is 43.4. The van der Waals surface area contributed by atoms with Gasteiger partial charge in [0.25, 0.3) is 0 Å². The smallest absolute Gasteiger partial charge is 0.444 e. The molecule has 3 aliphatic rings. The van der Waals surface area contributed by atoms with Crippen LogP contribution in [0.15, 0.2) is 244 Å². The van der Waals surface area contributed by atoms with Crippen LogP contribution in [0.25, 0.3) is 16.9 Å². The fourth-order valence-electron chi connectivity index (χ4n) is 10.3. The van der Waals surface area contributed by atoms with Crippen molar-refractivity contribution in [3.8, 4) is 0 Å². The number of alkyl halides is 3. The SMILES string of the molecule is C.CC1(N)CCN(c2ncc(Sc3ccccc3)c3nccn23)CC1.CC1(NC(=O)OC(C)(C)C)CCN(c2ncc(Br)c3nccn23)CC1.CC1(NC(=O)OC(C)(C)C)CCN(c2ncc(Sc3ccccc3)c3nccn23)CC1.N=N/N=N/N=N/N=N/N=N/N=N/N=N/N.O=CC(F)(F)F.Sc1ccccc1. The number of hydrogen-bond donors (Lipinski definition) is 6. The number of rotatable bonds is 15. The van der Waals surface area contributed by atoms with E-state index in [9.17, 15) is 22.8 Å². The van der Waals surface area contributed by atoms with E-state index in [0.29, 0.717) is 0 Å². The lowest BCUT2D eigenvalue weighted by Gasteiger charge is -2.40. The number of ether oxygens (including phenoxy) is 2. The summed E-state index contributed by atoms with van der Waals surface area (Å²) in [4.78, 5) is 72.8. The molecule has 3 aromatic carbocycles. The number of nitrogens with two attached hydrogens (primary N) is 2. The van der Waals surface area contributed by atoms with Gasteiger partial charge in [-0.15, -0.1) is 12.6 Å². The number of piperidine rings is 3. The molecule has 35 nitrogen and oxygen atoms in total. The second-order valence-electron chi connectivity index (χ2n) is 26.6. The number of anilines is 3. The summed E-state index contributed by atoms with van der Waals surface area (Å²) in [6.45, 7) is 22.5. The number of carbonyl (C=O) groups is 3. The van der Waals surface area contributed by atoms with Crippen molar-refractivity contribution in [2.24, 2.45) is 79.5 Å². The molecule has 2 amide bonds. The Morgan fingerprint density at radius 2 is 0.862 bits per heavy atom. The predicted molar refractivity (Wildman–Crippen MR) is 411 cm³/mol. The highest BCUT2D eigenvalue weighted by Gasteiger charge is 2.36. The van der Waals surface area contributed by atoms with Crippen LogP contribution in [0, 0.1) is 5.53 Å². The van der Waals surface area contributed by atoms with Gasteiger partial charge in [-0.2, -0.15) is 18.7 Å². The summed E-state index contributed by atoms with van der Waals surface area (Å²) in [6.07, 6.45) is 15.7. The standard InChI is InChI=1S/C23H29N5O2S.C18H21N5S.C17H24BrN5O2.C6H6S.C2HF3O.CH4.H3N15/c1-22(2,3)30-21(29)26-23(4)10-13-27(14-11-23)20-25-16-18(19-24-12-15-28(19)20)31-17-8-6-5-7-9-17;1-18(19)7-10-22(11-8-18)17-21-13-15(16-20-9-12-23(16)17)24-14-5-3-2-4-6-14;1-16(2,3)25-15(24)21-17(4)5-8-22(9-6-17)14-20-11-12(18)13-19-7-10-23(13)14;7-6-4-2-1-3-5-6;3-2(4,5)1-6;;1-3-5-7-9-11-13-15-14-12-10-8-6-4-2/h5-9,12,15-16H,10-11,13-14H2,1-4H3,(H,26,29);2-6,9,12-13H,7-8,10-11,19H2,1H3;7,10-11H,5-6,8-9H2,1-4H3,(H,21,24);1-5,7H;1H;1H4;(H3,1,2,5,6,9,10,13,14). The fourth-order valence-corrected chi connectivity index (χ4v) is 12.7. The van der Waals surface area contributed by atoms with E-state index in [1.807, 2.05) is 156 Å². The van der Waals surface area contributed by atoms with Crippen molar-refractivity contribution in [3.63, 3.8) is 0 Å². The Balaban J connectivity index is 0.000000218. The van der Waals surface area contributed by atoms with Crippen LogP contribution >= 0.6 is 52.1 Å². The van der Waals surface area contributed by atoms with Gasteiger partial charge in [0, 0.05) is 126 Å². The van der Waals surface area contributed by atoms with E-state index in [1.54, 1.807) is 35.9 Å². The molecule has 3 fully saturated rings. The van der Waals surface area contributed by atoms with Gasteiger partial charge in [-0.1, -0.05) is 90.8 Å². The number of fused-ring (bicyclic) bond motifs is 3. The number of imidazole rings is 3. The number of hydrogen-bond acceptors (Lipinski definition) is 20. The summed E-state index contributed by atoms with van der Waals surface area (Å²) in [5.41, 5.74) is 13.5. The monoisotopic (exact) mass is 1620 g/mol. The van der Waals surface area contributed by atoms with E-state index in [4.69, 9.17) is 35.5 Å². The molecule has 0 unspecified atom stereocenters. The molecule has 0 spiro atoms. The Kier molecular flexibility index (Phi) is 33.4. The van der Waals surface area contributed by atoms with Crippen LogP contribution in [0.1, 0.15) is 108 Å². The Morgan fingerprint density at radius 3 is 1.19 bits per heavy atom. The Hall–Kier alpha value is -10.6. The van der Waals surface area contributed by atoms with Crippen LogP contribution in [0.5, 0.6) is 0 Å². The summed E-state index contributed by atoms with van der Waals surface area (Å²) in [7, 11) is 0. The van der Waals surface area contributed by atoms with E-state index in [-0.39, 0.29) is 36.2 Å². The first kappa shape index (κ1) is 87.3. The molecule has 6 aromatic heterocycles. The van der Waals surface area contributed by atoms with Gasteiger partial charge >= 0.3 is 18.4 Å². The summed E-state index contributed by atoms with van der Waals surface area (Å²) < 4.78 is 49.1. The second kappa shape index (κ2) is 41.7. The number of amides is 2. The molecule has 0 bridgehead atoms. The average Bonchev–Trinajstić information content (AvgIpc) is 1.75. The molecule has 0 atom stereocenters. The summed E-state index contributed by atoms with van der Waals surface area (Å²) >= 11 is 10.9. The van der Waals surface area contributed by atoms with Gasteiger partial charge in [0.2, 0.25) is 24.1 Å². The van der Waals surface area contributed by atoms with Gasteiger partial charge in [0.15, 0.2) is 16.9 Å². The number of benzene rings is 3. The number of aldehydes is 1. The van der Waals surface area contributed by atoms with Crippen LogP contribution in [-0.2, 0) is 14.3 Å². The minimum absolute atomic E-state index is 0. The molecule has 0 radical (unpaired) electrons. The molecule has 3 saturated heterocycles. The lowest BCUT2D eigenvalue weighted by molar-refractivity contribution is -0.156. The number of thiol groups is 1. The van der Waals surface area contributed by atoms with Crippen molar-refractivity contribution in [2.45, 2.75) is 167 Å². The molecular weight excluding hydrogens is 1540 g/mol. The molecule has 42 heteroatoms. The highest BCUT2D eigenvalue weighted by molar-refractivity contribution is 9.10. The number of alkyl carbamates (subject to hydrolysis) is 2. The van der Waals surface area contributed by atoms with Crippen LogP contribution in [0.3, 0.4) is 0 Å². The van der Waals surface area contributed by atoms with E-state index in [2.05, 4.69) is 201 Å². The maximum Gasteiger partial charge on any atom is 0.446 e. The zero-order valence-corrected chi connectivity index (χ0v) is 64.7. The average molecular weight is 1630 g/mol. The van der Waals surface area contributed by atoms with Crippen LogP contribution in [0.2, 0.25) is 0 Å². The molecule has 12 rings (SSSR count).